The maximum absolute atomic E-state index is 13.5. The van der Waals surface area contributed by atoms with Gasteiger partial charge in [-0.1, -0.05) is 6.07 Å². The number of pyridine rings is 1. The Hall–Kier alpha value is -1.30. The first-order chi connectivity index (χ1) is 10.3. The van der Waals surface area contributed by atoms with Crippen LogP contribution in [0.4, 0.5) is 4.39 Å². The number of nitrogens with zero attached hydrogens (tertiary/aromatic N) is 2. The van der Waals surface area contributed by atoms with Gasteiger partial charge < -0.3 is 4.74 Å². The monoisotopic (exact) mass is 304 g/mol. The minimum Gasteiger partial charge on any atom is -0.365 e. The molecule has 1 fully saturated rings. The number of rotatable bonds is 2. The van der Waals surface area contributed by atoms with Crippen LogP contribution in [-0.2, 0) is 23.5 Å². The number of likely N-dealkylation sites (tertiary alicyclic amines) is 1. The summed E-state index contributed by atoms with van der Waals surface area (Å²) in [5.74, 6) is -0.403. The Morgan fingerprint density at radius 1 is 1.38 bits per heavy atom. The van der Waals surface area contributed by atoms with E-state index in [1.807, 2.05) is 0 Å². The Morgan fingerprint density at radius 3 is 3.00 bits per heavy atom. The summed E-state index contributed by atoms with van der Waals surface area (Å²) in [6.45, 7) is 3.54. The minimum absolute atomic E-state index is 0.287. The van der Waals surface area contributed by atoms with Gasteiger partial charge in [0.05, 0.1) is 12.2 Å². The summed E-state index contributed by atoms with van der Waals surface area (Å²) in [5.41, 5.74) is 1.78. The van der Waals surface area contributed by atoms with Gasteiger partial charge in [-0.25, -0.2) is 4.98 Å². The molecule has 5 heteroatoms. The van der Waals surface area contributed by atoms with Crippen molar-refractivity contribution in [3.05, 3.63) is 51.7 Å². The third kappa shape index (κ3) is 2.39. The van der Waals surface area contributed by atoms with Crippen molar-refractivity contribution in [1.82, 2.24) is 9.88 Å². The first-order valence-corrected chi connectivity index (χ1v) is 8.17. The molecule has 0 saturated carbocycles. The Kier molecular flexibility index (Phi) is 3.28. The number of ether oxygens (including phenoxy) is 1. The standard InChI is InChI=1S/C16H17FN2OS/c17-15-8-14-12(9-18-15)11-20-16(14)3-5-19(6-4-16)10-13-2-1-7-21-13/h1-2,7-9H,3-6,10-11H2. The van der Waals surface area contributed by atoms with Crippen LogP contribution >= 0.6 is 11.3 Å². The van der Waals surface area contributed by atoms with E-state index < -0.39 is 5.95 Å². The lowest BCUT2D eigenvalue weighted by Gasteiger charge is -2.39. The molecule has 0 bridgehead atoms. The molecule has 0 amide bonds. The molecule has 0 atom stereocenters. The maximum Gasteiger partial charge on any atom is 0.213 e. The summed E-state index contributed by atoms with van der Waals surface area (Å²) >= 11 is 1.80. The smallest absolute Gasteiger partial charge is 0.213 e. The average molecular weight is 304 g/mol. The van der Waals surface area contributed by atoms with E-state index in [1.54, 1.807) is 23.6 Å². The van der Waals surface area contributed by atoms with Crippen molar-refractivity contribution >= 4 is 11.3 Å². The molecule has 4 heterocycles. The third-order valence-electron chi connectivity index (χ3n) is 4.57. The highest BCUT2D eigenvalue weighted by Crippen LogP contribution is 2.44. The summed E-state index contributed by atoms with van der Waals surface area (Å²) in [6.07, 6.45) is 3.47. The molecule has 0 aromatic carbocycles. The third-order valence-corrected chi connectivity index (χ3v) is 5.43. The molecule has 2 aromatic heterocycles. The fourth-order valence-corrected chi connectivity index (χ4v) is 4.15. The molecule has 0 radical (unpaired) electrons. The van der Waals surface area contributed by atoms with Gasteiger partial charge in [0.2, 0.25) is 5.95 Å². The summed E-state index contributed by atoms with van der Waals surface area (Å²) in [4.78, 5) is 7.59. The van der Waals surface area contributed by atoms with E-state index in [4.69, 9.17) is 4.74 Å². The zero-order valence-electron chi connectivity index (χ0n) is 11.7. The van der Waals surface area contributed by atoms with Crippen molar-refractivity contribution in [2.45, 2.75) is 31.6 Å². The van der Waals surface area contributed by atoms with Gasteiger partial charge >= 0.3 is 0 Å². The topological polar surface area (TPSA) is 25.4 Å². The Morgan fingerprint density at radius 2 is 2.24 bits per heavy atom. The zero-order valence-corrected chi connectivity index (χ0v) is 12.5. The van der Waals surface area contributed by atoms with Gasteiger partial charge in [-0.05, 0) is 35.9 Å². The SMILES string of the molecule is Fc1cc2c(cn1)COC21CCN(Cc2cccs2)CC1. The second-order valence-corrected chi connectivity index (χ2v) is 6.83. The zero-order chi connectivity index (χ0) is 14.3. The Balaban J connectivity index is 1.49. The summed E-state index contributed by atoms with van der Waals surface area (Å²) < 4.78 is 19.5. The van der Waals surface area contributed by atoms with Crippen LogP contribution in [-0.4, -0.2) is 23.0 Å². The van der Waals surface area contributed by atoms with E-state index in [-0.39, 0.29) is 5.60 Å². The van der Waals surface area contributed by atoms with Gasteiger partial charge in [0.15, 0.2) is 0 Å². The number of piperidine rings is 1. The van der Waals surface area contributed by atoms with E-state index >= 15 is 0 Å². The van der Waals surface area contributed by atoms with Gasteiger partial charge in [-0.3, -0.25) is 4.90 Å². The van der Waals surface area contributed by atoms with Crippen molar-refractivity contribution in [3.8, 4) is 0 Å². The largest absolute Gasteiger partial charge is 0.365 e. The predicted molar refractivity (Wildman–Crippen MR) is 79.5 cm³/mol. The van der Waals surface area contributed by atoms with Crippen molar-refractivity contribution in [2.75, 3.05) is 13.1 Å². The predicted octanol–water partition coefficient (Wildman–Crippen LogP) is 3.30. The van der Waals surface area contributed by atoms with Gasteiger partial charge in [-0.2, -0.15) is 4.39 Å². The lowest BCUT2D eigenvalue weighted by Crippen LogP contribution is -2.42. The number of hydrogen-bond acceptors (Lipinski definition) is 4. The molecule has 1 spiro atoms. The van der Waals surface area contributed by atoms with Crippen molar-refractivity contribution in [1.29, 1.82) is 0 Å². The molecule has 4 rings (SSSR count). The molecule has 1 saturated heterocycles. The Labute approximate surface area is 127 Å². The maximum atomic E-state index is 13.5. The van der Waals surface area contributed by atoms with E-state index in [9.17, 15) is 4.39 Å². The average Bonchev–Trinajstić information content (AvgIpc) is 3.11. The van der Waals surface area contributed by atoms with Crippen molar-refractivity contribution < 1.29 is 9.13 Å². The van der Waals surface area contributed by atoms with Crippen LogP contribution < -0.4 is 0 Å². The van der Waals surface area contributed by atoms with Gasteiger partial charge in [0.1, 0.15) is 0 Å². The van der Waals surface area contributed by atoms with Gasteiger partial charge in [-0.15, -0.1) is 11.3 Å². The highest BCUT2D eigenvalue weighted by Gasteiger charge is 2.43. The van der Waals surface area contributed by atoms with Crippen LogP contribution in [0.1, 0.15) is 28.8 Å². The van der Waals surface area contributed by atoms with Crippen LogP contribution in [0.2, 0.25) is 0 Å². The van der Waals surface area contributed by atoms with E-state index in [1.165, 1.54) is 4.88 Å². The molecule has 2 aliphatic rings. The summed E-state index contributed by atoms with van der Waals surface area (Å²) in [6, 6.07) is 5.84. The summed E-state index contributed by atoms with van der Waals surface area (Å²) in [5, 5.41) is 2.12. The second-order valence-electron chi connectivity index (χ2n) is 5.80. The van der Waals surface area contributed by atoms with Crippen LogP contribution in [0.15, 0.2) is 29.8 Å². The quantitative estimate of drug-likeness (QED) is 0.796. The molecular formula is C16H17FN2OS. The number of aromatic nitrogens is 1. The molecule has 3 nitrogen and oxygen atoms in total. The first-order valence-electron chi connectivity index (χ1n) is 7.29. The van der Waals surface area contributed by atoms with Crippen molar-refractivity contribution in [2.24, 2.45) is 0 Å². The van der Waals surface area contributed by atoms with Crippen LogP contribution in [0.25, 0.3) is 0 Å². The fraction of sp³-hybridized carbons (Fsp3) is 0.438. The van der Waals surface area contributed by atoms with E-state index in [0.717, 1.165) is 43.6 Å². The molecule has 2 aromatic rings. The molecule has 110 valence electrons. The molecule has 0 N–H and O–H groups in total. The normalized spacial score (nSPS) is 20.8. The number of halogens is 1. The number of hydrogen-bond donors (Lipinski definition) is 0. The van der Waals surface area contributed by atoms with E-state index in [0.29, 0.717) is 6.61 Å². The molecule has 0 unspecified atom stereocenters. The highest BCUT2D eigenvalue weighted by atomic mass is 32.1. The fourth-order valence-electron chi connectivity index (χ4n) is 3.40. The molecule has 21 heavy (non-hydrogen) atoms. The lowest BCUT2D eigenvalue weighted by molar-refractivity contribution is -0.0798. The molecular weight excluding hydrogens is 287 g/mol. The van der Waals surface area contributed by atoms with Gasteiger partial charge in [0.25, 0.3) is 0 Å². The van der Waals surface area contributed by atoms with Gasteiger partial charge in [0, 0.05) is 36.3 Å². The first kappa shape index (κ1) is 13.4. The Bertz CT molecular complexity index is 636. The second kappa shape index (κ2) is 5.16. The lowest BCUT2D eigenvalue weighted by atomic mass is 9.84. The van der Waals surface area contributed by atoms with Crippen molar-refractivity contribution in [3.63, 3.8) is 0 Å². The molecule has 2 aliphatic heterocycles. The number of thiophene rings is 1. The highest BCUT2D eigenvalue weighted by molar-refractivity contribution is 7.09. The summed E-state index contributed by atoms with van der Waals surface area (Å²) in [7, 11) is 0. The van der Waals surface area contributed by atoms with Crippen LogP contribution in [0, 0.1) is 5.95 Å². The number of fused-ring (bicyclic) bond motifs is 2. The molecule has 0 aliphatic carbocycles. The van der Waals surface area contributed by atoms with Crippen LogP contribution in [0.3, 0.4) is 0 Å². The van der Waals surface area contributed by atoms with Crippen LogP contribution in [0.5, 0.6) is 0 Å². The van der Waals surface area contributed by atoms with E-state index in [2.05, 4.69) is 27.4 Å². The minimum atomic E-state index is -0.403.